The van der Waals surface area contributed by atoms with Crippen molar-refractivity contribution in [1.82, 2.24) is 14.9 Å². The third kappa shape index (κ3) is 2.77. The summed E-state index contributed by atoms with van der Waals surface area (Å²) >= 11 is 0. The second-order valence-electron chi connectivity index (χ2n) is 6.92. The van der Waals surface area contributed by atoms with Crippen molar-refractivity contribution >= 4 is 28.6 Å². The van der Waals surface area contributed by atoms with Crippen LogP contribution < -0.4 is 15.8 Å². The molecule has 1 aliphatic heterocycles. The zero-order chi connectivity index (χ0) is 20.0. The largest absolute Gasteiger partial charge is 0.442 e. The Morgan fingerprint density at radius 3 is 2.79 bits per heavy atom. The van der Waals surface area contributed by atoms with E-state index in [0.29, 0.717) is 18.7 Å². The van der Waals surface area contributed by atoms with Gasteiger partial charge in [-0.05, 0) is 25.0 Å². The molecule has 2 amide bonds. The molecule has 0 fully saturated rings. The van der Waals surface area contributed by atoms with Crippen LogP contribution in [0.4, 0.5) is 5.69 Å². The molecule has 1 N–H and O–H groups in total. The van der Waals surface area contributed by atoms with Gasteiger partial charge >= 0.3 is 0 Å². The maximum absolute atomic E-state index is 13.1. The zero-order valence-electron chi connectivity index (χ0n) is 15.9. The summed E-state index contributed by atoms with van der Waals surface area (Å²) in [6.45, 7) is 3.67. The lowest BCUT2D eigenvalue weighted by Gasteiger charge is -2.34. The van der Waals surface area contributed by atoms with Gasteiger partial charge in [0.15, 0.2) is 0 Å². The Kier molecular flexibility index (Phi) is 4.26. The number of amides is 2. The van der Waals surface area contributed by atoms with Gasteiger partial charge in [-0.2, -0.15) is 0 Å². The fourth-order valence-corrected chi connectivity index (χ4v) is 3.73. The van der Waals surface area contributed by atoms with Crippen molar-refractivity contribution in [2.75, 3.05) is 11.4 Å². The summed E-state index contributed by atoms with van der Waals surface area (Å²) in [6, 6.07) is 7.23. The predicted molar refractivity (Wildman–Crippen MR) is 103 cm³/mol. The van der Waals surface area contributed by atoms with Gasteiger partial charge in [0.2, 0.25) is 11.6 Å². The van der Waals surface area contributed by atoms with Crippen LogP contribution in [0.15, 0.2) is 39.8 Å². The van der Waals surface area contributed by atoms with Crippen LogP contribution in [-0.4, -0.2) is 27.9 Å². The molecule has 28 heavy (non-hydrogen) atoms. The minimum Gasteiger partial charge on any atom is -0.442 e. The maximum Gasteiger partial charge on any atom is 0.265 e. The molecule has 1 aromatic carbocycles. The highest BCUT2D eigenvalue weighted by molar-refractivity contribution is 6.06. The van der Waals surface area contributed by atoms with Crippen molar-refractivity contribution in [3.05, 3.63) is 57.8 Å². The molecule has 0 bridgehead atoms. The number of rotatable bonds is 2. The van der Waals surface area contributed by atoms with Crippen molar-refractivity contribution in [1.29, 1.82) is 0 Å². The molecule has 0 aliphatic carbocycles. The van der Waals surface area contributed by atoms with Gasteiger partial charge in [-0.3, -0.25) is 14.4 Å². The number of aryl methyl sites for hydroxylation is 2. The van der Waals surface area contributed by atoms with Gasteiger partial charge in [0, 0.05) is 26.2 Å². The van der Waals surface area contributed by atoms with Gasteiger partial charge in [-0.15, -0.1) is 0 Å². The lowest BCUT2D eigenvalue weighted by molar-refractivity contribution is -0.116. The van der Waals surface area contributed by atoms with E-state index in [2.05, 4.69) is 10.3 Å². The molecule has 0 spiro atoms. The summed E-state index contributed by atoms with van der Waals surface area (Å²) in [5.74, 6) is -0.0846. The van der Waals surface area contributed by atoms with Crippen LogP contribution in [0, 0.1) is 6.92 Å². The van der Waals surface area contributed by atoms with Gasteiger partial charge < -0.3 is 19.2 Å². The van der Waals surface area contributed by atoms with Crippen molar-refractivity contribution < 1.29 is 14.0 Å². The molecule has 8 nitrogen and oxygen atoms in total. The van der Waals surface area contributed by atoms with Crippen LogP contribution in [0.1, 0.15) is 41.1 Å². The lowest BCUT2D eigenvalue weighted by Crippen LogP contribution is -2.40. The summed E-state index contributed by atoms with van der Waals surface area (Å²) in [5, 5.41) is 3.18. The summed E-state index contributed by atoms with van der Waals surface area (Å²) in [5.41, 5.74) is 1.68. The second-order valence-corrected chi connectivity index (χ2v) is 6.92. The quantitative estimate of drug-likeness (QED) is 0.734. The molecule has 0 radical (unpaired) electrons. The average molecular weight is 380 g/mol. The first-order chi connectivity index (χ1) is 13.4. The van der Waals surface area contributed by atoms with Crippen LogP contribution in [-0.2, 0) is 11.8 Å². The zero-order valence-corrected chi connectivity index (χ0v) is 15.9. The second kappa shape index (κ2) is 6.63. The van der Waals surface area contributed by atoms with Crippen molar-refractivity contribution in [2.45, 2.75) is 26.3 Å². The van der Waals surface area contributed by atoms with Gasteiger partial charge in [0.1, 0.15) is 17.5 Å². The Morgan fingerprint density at radius 1 is 1.29 bits per heavy atom. The van der Waals surface area contributed by atoms with Crippen LogP contribution >= 0.6 is 0 Å². The molecular weight excluding hydrogens is 360 g/mol. The summed E-state index contributed by atoms with van der Waals surface area (Å²) in [4.78, 5) is 43.3. The first kappa shape index (κ1) is 18.0. The lowest BCUT2D eigenvalue weighted by atomic mass is 9.95. The normalized spacial score (nSPS) is 16.1. The van der Waals surface area contributed by atoms with E-state index < -0.39 is 5.91 Å². The number of aromatic nitrogens is 2. The van der Waals surface area contributed by atoms with E-state index in [-0.39, 0.29) is 34.2 Å². The first-order valence-corrected chi connectivity index (χ1v) is 9.01. The monoisotopic (exact) mass is 380 g/mol. The van der Waals surface area contributed by atoms with E-state index in [0.717, 1.165) is 11.3 Å². The Morgan fingerprint density at radius 2 is 2.04 bits per heavy atom. The molecule has 3 heterocycles. The summed E-state index contributed by atoms with van der Waals surface area (Å²) in [6.07, 6.45) is 1.94. The van der Waals surface area contributed by atoms with Crippen molar-refractivity contribution in [3.8, 4) is 0 Å². The first-order valence-electron chi connectivity index (χ1n) is 9.01. The van der Waals surface area contributed by atoms with E-state index in [1.165, 1.54) is 17.8 Å². The number of benzene rings is 1. The van der Waals surface area contributed by atoms with E-state index in [1.54, 1.807) is 18.9 Å². The van der Waals surface area contributed by atoms with Gasteiger partial charge in [0.25, 0.3) is 11.5 Å². The number of fused-ring (bicyclic) bond motifs is 2. The Hall–Kier alpha value is -3.42. The van der Waals surface area contributed by atoms with E-state index in [9.17, 15) is 14.4 Å². The van der Waals surface area contributed by atoms with E-state index in [4.69, 9.17) is 4.42 Å². The topological polar surface area (TPSA) is 97.4 Å². The summed E-state index contributed by atoms with van der Waals surface area (Å²) in [7, 11) is 1.58. The molecule has 1 aliphatic rings. The molecule has 4 rings (SSSR count). The van der Waals surface area contributed by atoms with Crippen molar-refractivity contribution in [2.24, 2.45) is 7.05 Å². The number of anilines is 1. The molecule has 144 valence electrons. The number of hydrogen-bond donors (Lipinski definition) is 1. The smallest absolute Gasteiger partial charge is 0.265 e. The van der Waals surface area contributed by atoms with Crippen LogP contribution in [0.5, 0.6) is 0 Å². The van der Waals surface area contributed by atoms with Gasteiger partial charge in [-0.25, -0.2) is 4.98 Å². The highest BCUT2D eigenvalue weighted by Gasteiger charge is 2.30. The fourth-order valence-electron chi connectivity index (χ4n) is 3.73. The van der Waals surface area contributed by atoms with Crippen molar-refractivity contribution in [3.63, 3.8) is 0 Å². The minimum absolute atomic E-state index is 0.0385. The molecule has 1 atom stereocenters. The standard InChI is InChI=1S/C20H20N4O4/c1-11-16(17-19(28-11)21-10-23(3)20(17)27)18(26)22-14-8-9-24(12(2)25)15-7-5-4-6-13(14)15/h4-7,10,14H,8-9H2,1-3H3,(H,22,26). The molecule has 2 aromatic heterocycles. The number of hydrogen-bond acceptors (Lipinski definition) is 5. The molecule has 0 saturated heterocycles. The Labute approximate surface area is 160 Å². The van der Waals surface area contributed by atoms with Crippen LogP contribution in [0.25, 0.3) is 11.1 Å². The third-order valence-electron chi connectivity index (χ3n) is 5.10. The number of furan rings is 1. The minimum atomic E-state index is -0.391. The fraction of sp³-hybridized carbons (Fsp3) is 0.300. The number of nitrogens with zero attached hydrogens (tertiary/aromatic N) is 3. The Balaban J connectivity index is 1.72. The molecule has 1 unspecified atom stereocenters. The summed E-state index contributed by atoms with van der Waals surface area (Å²) < 4.78 is 6.84. The predicted octanol–water partition coefficient (Wildman–Crippen LogP) is 2.06. The van der Waals surface area contributed by atoms with E-state index >= 15 is 0 Å². The number of carbonyl (C=O) groups excluding carboxylic acids is 2. The molecule has 8 heteroatoms. The van der Waals surface area contributed by atoms with Crippen LogP contribution in [0.3, 0.4) is 0 Å². The highest BCUT2D eigenvalue weighted by Crippen LogP contribution is 2.34. The Bertz CT molecular complexity index is 1160. The number of carbonyl (C=O) groups is 2. The van der Waals surface area contributed by atoms with Gasteiger partial charge in [-0.1, -0.05) is 18.2 Å². The number of para-hydroxylation sites is 1. The molecule has 3 aromatic rings. The van der Waals surface area contributed by atoms with Gasteiger partial charge in [0.05, 0.1) is 11.6 Å². The molecule has 0 saturated carbocycles. The van der Waals surface area contributed by atoms with Crippen LogP contribution in [0.2, 0.25) is 0 Å². The van der Waals surface area contributed by atoms with E-state index in [1.807, 2.05) is 24.3 Å². The SMILES string of the molecule is CC(=O)N1CCC(NC(=O)c2c(C)oc3ncn(C)c(=O)c23)c2ccccc21. The maximum atomic E-state index is 13.1. The third-order valence-corrected chi connectivity index (χ3v) is 5.10. The molecular formula is C20H20N4O4. The average Bonchev–Trinajstić information content (AvgIpc) is 3.01. The number of nitrogens with one attached hydrogen (secondary N) is 1. The highest BCUT2D eigenvalue weighted by atomic mass is 16.3.